The molecule has 4 rings (SSSR count). The molecule has 174 valence electrons. The first kappa shape index (κ1) is 23.8. The third-order valence-corrected chi connectivity index (χ3v) is 6.32. The van der Waals surface area contributed by atoms with Crippen molar-refractivity contribution in [3.8, 4) is 5.75 Å². The number of benzene rings is 2. The molecule has 0 unspecified atom stereocenters. The van der Waals surface area contributed by atoms with Gasteiger partial charge in [-0.05, 0) is 81.3 Å². The van der Waals surface area contributed by atoms with E-state index < -0.39 is 17.1 Å². The van der Waals surface area contributed by atoms with Gasteiger partial charge in [-0.3, -0.25) is 14.5 Å². The minimum Gasteiger partial charge on any atom is -0.488 e. The Balaban J connectivity index is 1.43. The molecule has 1 aliphatic heterocycles. The van der Waals surface area contributed by atoms with Gasteiger partial charge in [0.25, 0.3) is 11.1 Å². The first-order chi connectivity index (χ1) is 16.3. The van der Waals surface area contributed by atoms with E-state index in [2.05, 4.69) is 20.7 Å². The first-order valence-electron chi connectivity index (χ1n) is 9.93. The number of halogens is 2. The second kappa shape index (κ2) is 10.3. The molecule has 0 atom stereocenters. The molecule has 0 radical (unpaired) electrons. The lowest BCUT2D eigenvalue weighted by atomic mass is 10.2. The monoisotopic (exact) mass is 545 g/mol. The fourth-order valence-electron chi connectivity index (χ4n) is 3.08. The molecule has 0 N–H and O–H groups in total. The topological polar surface area (TPSA) is 86.0 Å². The lowest BCUT2D eigenvalue weighted by Crippen LogP contribution is -2.27. The molecule has 1 aliphatic rings. The smallest absolute Gasteiger partial charge is 0.373 e. The van der Waals surface area contributed by atoms with Crippen molar-refractivity contribution < 1.29 is 32.7 Å². The third kappa shape index (κ3) is 5.40. The minimum absolute atomic E-state index is 0.00778. The molecule has 0 saturated carbocycles. The van der Waals surface area contributed by atoms with E-state index >= 15 is 0 Å². The molecule has 7 nitrogen and oxygen atoms in total. The normalized spacial score (nSPS) is 14.7. The number of carbonyl (C=O) groups excluding carboxylic acids is 3. The summed E-state index contributed by atoms with van der Waals surface area (Å²) in [6.07, 6.45) is 1.61. The van der Waals surface area contributed by atoms with Gasteiger partial charge in [-0.15, -0.1) is 0 Å². The highest BCUT2D eigenvalue weighted by Gasteiger charge is 2.35. The summed E-state index contributed by atoms with van der Waals surface area (Å²) in [7, 11) is 1.23. The average molecular weight is 546 g/mol. The van der Waals surface area contributed by atoms with Crippen LogP contribution in [0.15, 0.2) is 68.4 Å². The second-order valence-electron chi connectivity index (χ2n) is 7.13. The minimum atomic E-state index is -0.643. The van der Waals surface area contributed by atoms with Crippen LogP contribution in [0.4, 0.5) is 9.18 Å². The lowest BCUT2D eigenvalue weighted by molar-refractivity contribution is -0.123. The lowest BCUT2D eigenvalue weighted by Gasteiger charge is -2.10. The summed E-state index contributed by atoms with van der Waals surface area (Å²) in [5.74, 6) is -0.557. The van der Waals surface area contributed by atoms with Crippen LogP contribution in [-0.2, 0) is 22.7 Å². The zero-order chi connectivity index (χ0) is 24.2. The second-order valence-corrected chi connectivity index (χ2v) is 8.98. The molecule has 0 aliphatic carbocycles. The number of thioether (sulfide) groups is 1. The van der Waals surface area contributed by atoms with Gasteiger partial charge in [-0.1, -0.05) is 18.2 Å². The molecule has 1 fully saturated rings. The average Bonchev–Trinajstić information content (AvgIpc) is 3.39. The third-order valence-electron chi connectivity index (χ3n) is 4.80. The summed E-state index contributed by atoms with van der Waals surface area (Å²) < 4.78 is 29.4. The number of hydrogen-bond donors (Lipinski definition) is 0. The molecular formula is C24H17BrFNO6S. The molecule has 10 heteroatoms. The molecule has 2 heterocycles. The van der Waals surface area contributed by atoms with Crippen molar-refractivity contribution in [2.24, 2.45) is 0 Å². The largest absolute Gasteiger partial charge is 0.488 e. The van der Waals surface area contributed by atoms with Gasteiger partial charge in [0, 0.05) is 0 Å². The van der Waals surface area contributed by atoms with Crippen molar-refractivity contribution in [2.45, 2.75) is 13.2 Å². The van der Waals surface area contributed by atoms with Gasteiger partial charge in [-0.2, -0.15) is 0 Å². The highest BCUT2D eigenvalue weighted by atomic mass is 79.9. The Morgan fingerprint density at radius 3 is 2.62 bits per heavy atom. The van der Waals surface area contributed by atoms with Crippen LogP contribution in [0.25, 0.3) is 6.08 Å². The van der Waals surface area contributed by atoms with Crippen LogP contribution in [0.3, 0.4) is 0 Å². The van der Waals surface area contributed by atoms with Gasteiger partial charge in [-0.25, -0.2) is 9.18 Å². The standard InChI is InChI=1S/C24H17BrFNO6S/c1-31-23(29)20-9-7-17(33-20)12-27-22(28)21(34-24(27)30)11-15-4-8-19(18(25)10-15)32-13-14-2-5-16(26)6-3-14/h2-11H,12-13H2,1H3/b21-11+. The van der Waals surface area contributed by atoms with Crippen LogP contribution >= 0.6 is 27.7 Å². The Morgan fingerprint density at radius 1 is 1.15 bits per heavy atom. The molecule has 2 aromatic carbocycles. The molecule has 2 amide bonds. The number of hydrogen-bond acceptors (Lipinski definition) is 7. The Morgan fingerprint density at radius 2 is 1.91 bits per heavy atom. The van der Waals surface area contributed by atoms with Gasteiger partial charge in [0.2, 0.25) is 5.76 Å². The van der Waals surface area contributed by atoms with E-state index in [4.69, 9.17) is 9.15 Å². The van der Waals surface area contributed by atoms with E-state index in [0.717, 1.165) is 22.2 Å². The predicted molar refractivity (Wildman–Crippen MR) is 126 cm³/mol. The number of nitrogens with zero attached hydrogens (tertiary/aromatic N) is 1. The molecule has 1 saturated heterocycles. The van der Waals surface area contributed by atoms with Crippen molar-refractivity contribution in [3.63, 3.8) is 0 Å². The van der Waals surface area contributed by atoms with Crippen LogP contribution in [-0.4, -0.2) is 29.1 Å². The molecule has 0 bridgehead atoms. The summed E-state index contributed by atoms with van der Waals surface area (Å²) in [6, 6.07) is 14.2. The SMILES string of the molecule is COC(=O)c1ccc(CN2C(=O)S/C(=C/c3ccc(OCc4ccc(F)cc4)c(Br)c3)C2=O)o1. The molecule has 0 spiro atoms. The highest BCUT2D eigenvalue weighted by Crippen LogP contribution is 2.35. The number of amides is 2. The number of imide groups is 1. The van der Waals surface area contributed by atoms with Crippen molar-refractivity contribution in [1.82, 2.24) is 4.90 Å². The summed E-state index contributed by atoms with van der Waals surface area (Å²) in [6.45, 7) is 0.167. The first-order valence-corrected chi connectivity index (χ1v) is 11.5. The van der Waals surface area contributed by atoms with Crippen LogP contribution in [0, 0.1) is 5.82 Å². The summed E-state index contributed by atoms with van der Waals surface area (Å²) >= 11 is 4.27. The maximum absolute atomic E-state index is 13.0. The van der Waals surface area contributed by atoms with Crippen LogP contribution in [0.2, 0.25) is 0 Å². The van der Waals surface area contributed by atoms with Crippen molar-refractivity contribution in [3.05, 3.63) is 92.4 Å². The Bertz CT molecular complexity index is 1290. The summed E-state index contributed by atoms with van der Waals surface area (Å²) in [5, 5.41) is -0.439. The number of methoxy groups -OCH3 is 1. The number of ether oxygens (including phenoxy) is 2. The fourth-order valence-corrected chi connectivity index (χ4v) is 4.43. The number of rotatable bonds is 7. The number of esters is 1. The summed E-state index contributed by atoms with van der Waals surface area (Å²) in [5.41, 5.74) is 1.51. The zero-order valence-corrected chi connectivity index (χ0v) is 20.2. The van der Waals surface area contributed by atoms with Crippen molar-refractivity contribution >= 4 is 50.9 Å². The maximum atomic E-state index is 13.0. The van der Waals surface area contributed by atoms with Crippen LogP contribution in [0.5, 0.6) is 5.75 Å². The van der Waals surface area contributed by atoms with E-state index in [1.54, 1.807) is 36.4 Å². The summed E-state index contributed by atoms with van der Waals surface area (Å²) in [4.78, 5) is 38.0. The zero-order valence-electron chi connectivity index (χ0n) is 17.7. The molecule has 34 heavy (non-hydrogen) atoms. The van der Waals surface area contributed by atoms with Crippen LogP contribution in [0.1, 0.15) is 27.4 Å². The molecular weight excluding hydrogens is 529 g/mol. The van der Waals surface area contributed by atoms with Crippen LogP contribution < -0.4 is 4.74 Å². The Hall–Kier alpha value is -3.37. The number of furan rings is 1. The van der Waals surface area contributed by atoms with E-state index in [1.807, 2.05) is 0 Å². The van der Waals surface area contributed by atoms with E-state index in [9.17, 15) is 18.8 Å². The molecule has 3 aromatic rings. The van der Waals surface area contributed by atoms with Gasteiger partial charge in [0.15, 0.2) is 0 Å². The maximum Gasteiger partial charge on any atom is 0.373 e. The van der Waals surface area contributed by atoms with Gasteiger partial charge < -0.3 is 13.9 Å². The van der Waals surface area contributed by atoms with E-state index in [1.165, 1.54) is 31.4 Å². The fraction of sp³-hybridized carbons (Fsp3) is 0.125. The Kier molecular flexibility index (Phi) is 7.18. The van der Waals surface area contributed by atoms with Crippen molar-refractivity contribution in [1.29, 1.82) is 0 Å². The van der Waals surface area contributed by atoms with Gasteiger partial charge >= 0.3 is 5.97 Å². The van der Waals surface area contributed by atoms with Gasteiger partial charge in [0.05, 0.1) is 23.0 Å². The van der Waals surface area contributed by atoms with Gasteiger partial charge in [0.1, 0.15) is 23.9 Å². The van der Waals surface area contributed by atoms with E-state index in [0.29, 0.717) is 15.8 Å². The highest BCUT2D eigenvalue weighted by molar-refractivity contribution is 9.10. The van der Waals surface area contributed by atoms with Crippen molar-refractivity contribution in [2.75, 3.05) is 7.11 Å². The molecule has 1 aromatic heterocycles. The van der Waals surface area contributed by atoms with E-state index in [-0.39, 0.29) is 35.4 Å². The predicted octanol–water partition coefficient (Wildman–Crippen LogP) is 5.78. The quantitative estimate of drug-likeness (QED) is 0.274. The number of carbonyl (C=O) groups is 3. The Labute approximate surface area is 206 Å².